The van der Waals surface area contributed by atoms with Gasteiger partial charge in [0.2, 0.25) is 0 Å². The zero-order chi connectivity index (χ0) is 12.0. The number of hydrogen-bond acceptors (Lipinski definition) is 3. The first-order valence-corrected chi connectivity index (χ1v) is 3.56. The summed E-state index contributed by atoms with van der Waals surface area (Å²) in [6.07, 6.45) is 1.87. The molecule has 0 aliphatic carbocycles. The molecule has 0 aliphatic rings. The Morgan fingerprint density at radius 2 is 1.53 bits per heavy atom. The molecule has 0 saturated carbocycles. The zero-order valence-corrected chi connectivity index (χ0v) is 9.92. The fraction of sp³-hybridized carbons (Fsp3) is 0.0909. The van der Waals surface area contributed by atoms with Crippen LogP contribution in [0.3, 0.4) is 0 Å². The molecule has 3 nitrogen and oxygen atoms in total. The molecule has 0 aliphatic heterocycles. The molecule has 1 aromatic rings. The standard InChI is InChI=1S/C8H9.3CH2O.Mn/c1-3-8-6-4-5-7(8)2;3*1-2;/h3-6H,1H2,2H3;3*1H2;/q-1;;;;. The average molecular weight is 250 g/mol. The number of hydrogen-bond donors (Lipinski definition) is 0. The molecular weight excluding hydrogens is 235 g/mol. The van der Waals surface area contributed by atoms with Crippen LogP contribution in [-0.2, 0) is 31.5 Å². The topological polar surface area (TPSA) is 51.2 Å². The SMILES string of the molecule is C=C[c-]1cccc1C.C=O.C=O.C=O.[Mn]. The summed E-state index contributed by atoms with van der Waals surface area (Å²) in [6.45, 7) is 11.7. The van der Waals surface area contributed by atoms with Crippen molar-refractivity contribution < 1.29 is 31.5 Å². The second-order valence-corrected chi connectivity index (χ2v) is 1.87. The Morgan fingerprint density at radius 1 is 1.13 bits per heavy atom. The van der Waals surface area contributed by atoms with E-state index in [1.807, 2.05) is 32.5 Å². The maximum atomic E-state index is 8.00. The van der Waals surface area contributed by atoms with Gasteiger partial charge in [-0.15, -0.1) is 23.3 Å². The van der Waals surface area contributed by atoms with Gasteiger partial charge in [-0.25, -0.2) is 0 Å². The van der Waals surface area contributed by atoms with Crippen LogP contribution in [0.25, 0.3) is 6.08 Å². The maximum absolute atomic E-state index is 8.00. The smallest absolute Gasteiger partial charge is 0.106 e. The number of carbonyl (C=O) groups excluding carboxylic acids is 3. The first kappa shape index (κ1) is 23.4. The van der Waals surface area contributed by atoms with Crippen LogP contribution >= 0.6 is 0 Å². The van der Waals surface area contributed by atoms with Crippen molar-refractivity contribution in [1.82, 2.24) is 0 Å². The average Bonchev–Trinajstić information content (AvgIpc) is 2.72. The minimum Gasteiger partial charge on any atom is -0.307 e. The zero-order valence-electron chi connectivity index (χ0n) is 8.74. The molecule has 0 bridgehead atoms. The molecule has 0 N–H and O–H groups in total. The van der Waals surface area contributed by atoms with Crippen LogP contribution in [0.5, 0.6) is 0 Å². The third-order valence-electron chi connectivity index (χ3n) is 1.30. The minimum absolute atomic E-state index is 0. The van der Waals surface area contributed by atoms with Crippen molar-refractivity contribution in [3.8, 4) is 0 Å². The Hall–Kier alpha value is -1.38. The minimum atomic E-state index is 0. The summed E-state index contributed by atoms with van der Waals surface area (Å²) in [5.41, 5.74) is 2.55. The van der Waals surface area contributed by atoms with E-state index >= 15 is 0 Å². The van der Waals surface area contributed by atoms with Crippen molar-refractivity contribution in [2.45, 2.75) is 6.92 Å². The van der Waals surface area contributed by atoms with E-state index in [1.165, 1.54) is 11.1 Å². The second-order valence-electron chi connectivity index (χ2n) is 1.87. The Kier molecular flexibility index (Phi) is 35.8. The molecule has 15 heavy (non-hydrogen) atoms. The van der Waals surface area contributed by atoms with Crippen LogP contribution in [0.4, 0.5) is 0 Å². The summed E-state index contributed by atoms with van der Waals surface area (Å²) >= 11 is 0. The van der Waals surface area contributed by atoms with Gasteiger partial charge in [-0.1, -0.05) is 6.92 Å². The molecule has 0 fully saturated rings. The predicted octanol–water partition coefficient (Wildman–Crippen LogP) is 1.80. The van der Waals surface area contributed by atoms with Crippen molar-refractivity contribution in [2.24, 2.45) is 0 Å². The van der Waals surface area contributed by atoms with E-state index in [0.29, 0.717) is 0 Å². The van der Waals surface area contributed by atoms with E-state index in [4.69, 9.17) is 14.4 Å². The number of carbonyl (C=O) groups is 3. The van der Waals surface area contributed by atoms with Crippen molar-refractivity contribution in [2.75, 3.05) is 0 Å². The molecule has 0 amide bonds. The summed E-state index contributed by atoms with van der Waals surface area (Å²) in [5.74, 6) is 0. The van der Waals surface area contributed by atoms with Crippen LogP contribution in [0, 0.1) is 6.92 Å². The molecule has 4 heteroatoms. The summed E-state index contributed by atoms with van der Waals surface area (Å²) in [6, 6.07) is 6.17. The van der Waals surface area contributed by atoms with Crippen LogP contribution in [0.2, 0.25) is 0 Å². The molecule has 1 aromatic carbocycles. The molecule has 0 saturated heterocycles. The van der Waals surface area contributed by atoms with Crippen LogP contribution < -0.4 is 0 Å². The van der Waals surface area contributed by atoms with Gasteiger partial charge in [0.1, 0.15) is 20.4 Å². The van der Waals surface area contributed by atoms with Gasteiger partial charge in [0.05, 0.1) is 0 Å². The van der Waals surface area contributed by atoms with Crippen molar-refractivity contribution in [3.63, 3.8) is 0 Å². The van der Waals surface area contributed by atoms with E-state index in [-0.39, 0.29) is 17.1 Å². The normalized spacial score (nSPS) is 5.67. The van der Waals surface area contributed by atoms with Gasteiger partial charge < -0.3 is 14.4 Å². The summed E-state index contributed by atoms with van der Waals surface area (Å²) in [5, 5.41) is 0. The Morgan fingerprint density at radius 3 is 1.67 bits per heavy atom. The first-order valence-electron chi connectivity index (χ1n) is 3.56. The van der Waals surface area contributed by atoms with Crippen molar-refractivity contribution >= 4 is 26.4 Å². The fourth-order valence-corrected chi connectivity index (χ4v) is 0.753. The Bertz CT molecular complexity index is 229. The molecule has 0 spiro atoms. The quantitative estimate of drug-likeness (QED) is 0.564. The molecule has 85 valence electrons. The van der Waals surface area contributed by atoms with Gasteiger partial charge in [0.15, 0.2) is 0 Å². The molecule has 0 unspecified atom stereocenters. The van der Waals surface area contributed by atoms with E-state index in [0.717, 1.165) is 0 Å². The van der Waals surface area contributed by atoms with E-state index in [1.54, 1.807) is 0 Å². The van der Waals surface area contributed by atoms with E-state index in [2.05, 4.69) is 25.6 Å². The van der Waals surface area contributed by atoms with Crippen LogP contribution in [0.15, 0.2) is 24.8 Å². The third-order valence-corrected chi connectivity index (χ3v) is 1.30. The van der Waals surface area contributed by atoms with Gasteiger partial charge in [-0.3, -0.25) is 0 Å². The molecule has 0 heterocycles. The van der Waals surface area contributed by atoms with Crippen LogP contribution in [0.1, 0.15) is 11.1 Å². The third kappa shape index (κ3) is 12.6. The summed E-state index contributed by atoms with van der Waals surface area (Å²) < 4.78 is 0. The predicted molar refractivity (Wildman–Crippen MR) is 58.2 cm³/mol. The maximum Gasteiger partial charge on any atom is 0.106 e. The monoisotopic (exact) mass is 250 g/mol. The fourth-order valence-electron chi connectivity index (χ4n) is 0.753. The number of rotatable bonds is 1. The van der Waals surface area contributed by atoms with E-state index in [9.17, 15) is 0 Å². The molecule has 1 rings (SSSR count). The second kappa shape index (κ2) is 22.9. The van der Waals surface area contributed by atoms with E-state index < -0.39 is 0 Å². The van der Waals surface area contributed by atoms with Crippen molar-refractivity contribution in [3.05, 3.63) is 35.9 Å². The van der Waals surface area contributed by atoms with Gasteiger partial charge in [-0.2, -0.15) is 18.7 Å². The van der Waals surface area contributed by atoms with Gasteiger partial charge in [-0.05, 0) is 0 Å². The largest absolute Gasteiger partial charge is 0.307 e. The molecule has 0 aromatic heterocycles. The Labute approximate surface area is 101 Å². The number of aryl methyl sites for hydroxylation is 1. The first-order chi connectivity index (χ1) is 6.84. The van der Waals surface area contributed by atoms with Crippen LogP contribution in [-0.4, -0.2) is 20.4 Å². The molecule has 0 atom stereocenters. The summed E-state index contributed by atoms with van der Waals surface area (Å²) in [7, 11) is 0. The van der Waals surface area contributed by atoms with Gasteiger partial charge in [0.25, 0.3) is 0 Å². The summed E-state index contributed by atoms with van der Waals surface area (Å²) in [4.78, 5) is 24.0. The molecular formula is C11H15MnO3-. The Balaban J connectivity index is -0.0000000755. The molecule has 1 radical (unpaired) electrons. The van der Waals surface area contributed by atoms with Gasteiger partial charge in [0, 0.05) is 17.1 Å². The van der Waals surface area contributed by atoms with Crippen molar-refractivity contribution in [1.29, 1.82) is 0 Å². The van der Waals surface area contributed by atoms with Gasteiger partial charge >= 0.3 is 0 Å².